The van der Waals surface area contributed by atoms with Gasteiger partial charge in [0.05, 0.1) is 6.61 Å². The first-order chi connectivity index (χ1) is 5.74. The first-order valence-electron chi connectivity index (χ1n) is 5.09. The van der Waals surface area contributed by atoms with Gasteiger partial charge in [0.15, 0.2) is 0 Å². The molecule has 0 radical (unpaired) electrons. The van der Waals surface area contributed by atoms with Crippen molar-refractivity contribution >= 4 is 0 Å². The van der Waals surface area contributed by atoms with Gasteiger partial charge in [-0.1, -0.05) is 13.8 Å². The highest BCUT2D eigenvalue weighted by molar-refractivity contribution is 4.78. The molecule has 2 heteroatoms. The summed E-state index contributed by atoms with van der Waals surface area (Å²) in [7, 11) is 0. The van der Waals surface area contributed by atoms with Crippen molar-refractivity contribution < 1.29 is 5.11 Å². The van der Waals surface area contributed by atoms with Crippen molar-refractivity contribution in [3.05, 3.63) is 0 Å². The average molecular weight is 171 g/mol. The van der Waals surface area contributed by atoms with E-state index < -0.39 is 0 Å². The normalized spacial score (nSPS) is 25.5. The Balaban J connectivity index is 2.21. The second kappa shape index (κ2) is 4.83. The smallest absolute Gasteiger partial charge is 0.0586 e. The van der Waals surface area contributed by atoms with E-state index in [1.165, 1.54) is 32.4 Å². The fourth-order valence-electron chi connectivity index (χ4n) is 1.82. The van der Waals surface area contributed by atoms with E-state index in [1.807, 2.05) is 0 Å². The topological polar surface area (TPSA) is 23.5 Å². The quantitative estimate of drug-likeness (QED) is 0.692. The number of likely N-dealkylation sites (tertiary alicyclic amines) is 1. The van der Waals surface area contributed by atoms with Crippen LogP contribution >= 0.6 is 0 Å². The number of hydrogen-bond donors (Lipinski definition) is 1. The molecule has 0 aromatic rings. The second-order valence-electron chi connectivity index (χ2n) is 4.20. The average Bonchev–Trinajstić information content (AvgIpc) is 2.47. The Labute approximate surface area is 75.6 Å². The van der Waals surface area contributed by atoms with Gasteiger partial charge in [0.2, 0.25) is 0 Å². The summed E-state index contributed by atoms with van der Waals surface area (Å²) in [5.41, 5.74) is 0. The van der Waals surface area contributed by atoms with E-state index in [2.05, 4.69) is 18.7 Å². The Bertz CT molecular complexity index is 125. The Morgan fingerprint density at radius 3 is 2.83 bits per heavy atom. The minimum atomic E-state index is 0.345. The largest absolute Gasteiger partial charge is 0.395 e. The number of aliphatic hydroxyl groups is 1. The van der Waals surface area contributed by atoms with E-state index in [1.54, 1.807) is 0 Å². The Kier molecular flexibility index (Phi) is 4.02. The molecule has 1 saturated heterocycles. The van der Waals surface area contributed by atoms with Gasteiger partial charge >= 0.3 is 0 Å². The summed E-state index contributed by atoms with van der Waals surface area (Å²) in [4.78, 5) is 2.43. The van der Waals surface area contributed by atoms with Crippen LogP contribution in [-0.4, -0.2) is 35.7 Å². The van der Waals surface area contributed by atoms with Crippen LogP contribution in [0.5, 0.6) is 0 Å². The van der Waals surface area contributed by atoms with Gasteiger partial charge in [-0.25, -0.2) is 0 Å². The van der Waals surface area contributed by atoms with Gasteiger partial charge in [0.1, 0.15) is 0 Å². The molecule has 0 saturated carbocycles. The summed E-state index contributed by atoms with van der Waals surface area (Å²) < 4.78 is 0. The zero-order chi connectivity index (χ0) is 8.97. The first kappa shape index (κ1) is 10.0. The fraction of sp³-hybridized carbons (Fsp3) is 1.00. The predicted octanol–water partition coefficient (Wildman–Crippen LogP) is 1.49. The number of rotatable bonds is 4. The van der Waals surface area contributed by atoms with Crippen molar-refractivity contribution in [1.82, 2.24) is 4.90 Å². The summed E-state index contributed by atoms with van der Waals surface area (Å²) in [6.45, 7) is 7.22. The third-order valence-electron chi connectivity index (χ3n) is 2.70. The molecule has 72 valence electrons. The molecule has 1 fully saturated rings. The monoisotopic (exact) mass is 171 g/mol. The minimum absolute atomic E-state index is 0.345. The van der Waals surface area contributed by atoms with Crippen molar-refractivity contribution in [3.8, 4) is 0 Å². The van der Waals surface area contributed by atoms with E-state index in [0.29, 0.717) is 12.6 Å². The van der Waals surface area contributed by atoms with Crippen molar-refractivity contribution in [1.29, 1.82) is 0 Å². The van der Waals surface area contributed by atoms with Crippen molar-refractivity contribution in [2.24, 2.45) is 5.92 Å². The van der Waals surface area contributed by atoms with Crippen molar-refractivity contribution in [3.63, 3.8) is 0 Å². The van der Waals surface area contributed by atoms with Gasteiger partial charge in [0, 0.05) is 6.04 Å². The summed E-state index contributed by atoms with van der Waals surface area (Å²) in [6.07, 6.45) is 3.72. The summed E-state index contributed by atoms with van der Waals surface area (Å²) in [6, 6.07) is 0.462. The lowest BCUT2D eigenvalue weighted by Gasteiger charge is -2.23. The molecule has 0 spiro atoms. The molecular weight excluding hydrogens is 150 g/mol. The van der Waals surface area contributed by atoms with E-state index in [9.17, 15) is 0 Å². The van der Waals surface area contributed by atoms with Crippen LogP contribution < -0.4 is 0 Å². The molecule has 0 aliphatic carbocycles. The van der Waals surface area contributed by atoms with E-state index in [4.69, 9.17) is 5.11 Å². The van der Waals surface area contributed by atoms with Gasteiger partial charge in [-0.15, -0.1) is 0 Å². The molecular formula is C10H21NO. The predicted molar refractivity (Wildman–Crippen MR) is 51.1 cm³/mol. The van der Waals surface area contributed by atoms with Crippen LogP contribution in [0.25, 0.3) is 0 Å². The number of nitrogens with zero attached hydrogens (tertiary/aromatic N) is 1. The molecule has 1 N–H and O–H groups in total. The molecule has 1 heterocycles. The van der Waals surface area contributed by atoms with E-state index in [0.717, 1.165) is 5.92 Å². The van der Waals surface area contributed by atoms with Crippen LogP contribution in [0.1, 0.15) is 33.1 Å². The molecule has 0 bridgehead atoms. The lowest BCUT2D eigenvalue weighted by Crippen LogP contribution is -2.33. The molecule has 1 unspecified atom stereocenters. The maximum atomic E-state index is 9.06. The van der Waals surface area contributed by atoms with Gasteiger partial charge in [0.25, 0.3) is 0 Å². The molecule has 2 nitrogen and oxygen atoms in total. The third-order valence-corrected chi connectivity index (χ3v) is 2.70. The molecule has 0 aromatic heterocycles. The number of hydrogen-bond acceptors (Lipinski definition) is 2. The zero-order valence-corrected chi connectivity index (χ0v) is 8.29. The highest BCUT2D eigenvalue weighted by Gasteiger charge is 2.22. The molecule has 12 heavy (non-hydrogen) atoms. The zero-order valence-electron chi connectivity index (χ0n) is 8.29. The SMILES string of the molecule is CC(C)CCN1CCCC1CO. The highest BCUT2D eigenvalue weighted by Crippen LogP contribution is 2.17. The standard InChI is InChI=1S/C10H21NO/c1-9(2)5-7-11-6-3-4-10(11)8-12/h9-10,12H,3-8H2,1-2H3. The van der Waals surface area contributed by atoms with Crippen LogP contribution in [0, 0.1) is 5.92 Å². The van der Waals surface area contributed by atoms with Crippen LogP contribution in [0.15, 0.2) is 0 Å². The number of aliphatic hydroxyl groups excluding tert-OH is 1. The first-order valence-corrected chi connectivity index (χ1v) is 5.09. The van der Waals surface area contributed by atoms with Crippen LogP contribution in [0.2, 0.25) is 0 Å². The highest BCUT2D eigenvalue weighted by atomic mass is 16.3. The van der Waals surface area contributed by atoms with Crippen molar-refractivity contribution in [2.75, 3.05) is 19.7 Å². The van der Waals surface area contributed by atoms with Crippen molar-refractivity contribution in [2.45, 2.75) is 39.2 Å². The Hall–Kier alpha value is -0.0800. The lowest BCUT2D eigenvalue weighted by atomic mass is 10.1. The molecule has 1 atom stereocenters. The maximum absolute atomic E-state index is 9.06. The molecule has 1 aliphatic rings. The molecule has 1 aliphatic heterocycles. The van der Waals surface area contributed by atoms with Crippen LogP contribution in [-0.2, 0) is 0 Å². The minimum Gasteiger partial charge on any atom is -0.395 e. The molecule has 0 aromatic carbocycles. The summed E-state index contributed by atoms with van der Waals surface area (Å²) >= 11 is 0. The summed E-state index contributed by atoms with van der Waals surface area (Å²) in [5, 5.41) is 9.06. The van der Waals surface area contributed by atoms with Crippen LogP contribution in [0.3, 0.4) is 0 Å². The van der Waals surface area contributed by atoms with Gasteiger partial charge in [-0.2, -0.15) is 0 Å². The van der Waals surface area contributed by atoms with Gasteiger partial charge in [-0.3, -0.25) is 4.90 Å². The molecule has 0 amide bonds. The lowest BCUT2D eigenvalue weighted by molar-refractivity contribution is 0.154. The maximum Gasteiger partial charge on any atom is 0.0586 e. The van der Waals surface area contributed by atoms with Gasteiger partial charge < -0.3 is 5.11 Å². The fourth-order valence-corrected chi connectivity index (χ4v) is 1.82. The van der Waals surface area contributed by atoms with E-state index in [-0.39, 0.29) is 0 Å². The second-order valence-corrected chi connectivity index (χ2v) is 4.20. The Morgan fingerprint density at radius 1 is 1.50 bits per heavy atom. The Morgan fingerprint density at radius 2 is 2.25 bits per heavy atom. The van der Waals surface area contributed by atoms with Gasteiger partial charge in [-0.05, 0) is 38.3 Å². The van der Waals surface area contributed by atoms with E-state index >= 15 is 0 Å². The third kappa shape index (κ3) is 2.76. The van der Waals surface area contributed by atoms with Crippen LogP contribution in [0.4, 0.5) is 0 Å². The summed E-state index contributed by atoms with van der Waals surface area (Å²) in [5.74, 6) is 0.782. The molecule has 1 rings (SSSR count).